The van der Waals surface area contributed by atoms with E-state index in [1.165, 1.54) is 42.5 Å². The number of ether oxygens (including phenoxy) is 3. The maximum atomic E-state index is 13.6. The van der Waals surface area contributed by atoms with E-state index in [0.29, 0.717) is 56.1 Å². The Morgan fingerprint density at radius 3 is 2.42 bits per heavy atom. The van der Waals surface area contributed by atoms with Crippen molar-refractivity contribution in [3.8, 4) is 22.6 Å². The molecule has 4 rings (SSSR count). The van der Waals surface area contributed by atoms with Gasteiger partial charge in [0.25, 0.3) is 5.91 Å². The van der Waals surface area contributed by atoms with Crippen molar-refractivity contribution < 1.29 is 45.8 Å². The molecule has 0 spiro atoms. The van der Waals surface area contributed by atoms with Crippen LogP contribution >= 0.6 is 0 Å². The van der Waals surface area contributed by atoms with Gasteiger partial charge in [0.15, 0.2) is 14.6 Å². The summed E-state index contributed by atoms with van der Waals surface area (Å²) in [6.07, 6.45) is -0.959. The lowest BCUT2D eigenvalue weighted by Crippen LogP contribution is -2.57. The first kappa shape index (κ1) is 32.3. The van der Waals surface area contributed by atoms with E-state index in [-0.39, 0.29) is 30.1 Å². The number of rotatable bonds is 13. The number of hydrogen-bond acceptors (Lipinski definition) is 9. The van der Waals surface area contributed by atoms with Crippen LogP contribution in [0.3, 0.4) is 0 Å². The maximum absolute atomic E-state index is 13.6. The molecule has 2 heterocycles. The fourth-order valence-corrected chi connectivity index (χ4v) is 6.90. The molecule has 2 N–H and O–H groups in total. The summed E-state index contributed by atoms with van der Waals surface area (Å²) >= 11 is 0. The second-order valence-electron chi connectivity index (χ2n) is 10.0. The number of carbonyl (C=O) groups is 1. The zero-order chi connectivity index (χ0) is 31.1. The maximum Gasteiger partial charge on any atom is 0.573 e. The number of carbonyl (C=O) groups excluding carboxylic acids is 1. The standard InChI is InChI=1S/C28H33F3N4O7S/c1-40-17-15-34-13-10-27(11-14-34,26(36)33-37)43(38,39)25-8-6-23(7-9-25)41-16-3-12-35-20-22(19-32-35)21-4-2-5-24(18-21)42-28(29,30)31/h2,4-9,18-20,37H,3,10-17H2,1H3,(H,33,36). The SMILES string of the molecule is COCCN1CCC(C(=O)NO)(S(=O)(=O)c2ccc(OCCCn3cc(-c4cccc(OC(F)(F)F)c4)cn3)cc2)CC1. The molecule has 0 atom stereocenters. The average Bonchev–Trinajstić information content (AvgIpc) is 3.46. The second kappa shape index (κ2) is 13.8. The number of halogens is 3. The number of benzene rings is 2. The Balaban J connectivity index is 1.32. The van der Waals surface area contributed by atoms with Gasteiger partial charge in [-0.1, -0.05) is 12.1 Å². The number of hydroxylamine groups is 1. The van der Waals surface area contributed by atoms with E-state index >= 15 is 0 Å². The van der Waals surface area contributed by atoms with Crippen molar-refractivity contribution in [2.45, 2.75) is 41.8 Å². The van der Waals surface area contributed by atoms with Crippen LogP contribution in [-0.4, -0.2) is 85.3 Å². The number of aryl methyl sites for hydroxylation is 1. The lowest BCUT2D eigenvalue weighted by Gasteiger charge is -2.39. The van der Waals surface area contributed by atoms with Crippen LogP contribution < -0.4 is 15.0 Å². The van der Waals surface area contributed by atoms with Crippen molar-refractivity contribution in [3.63, 3.8) is 0 Å². The summed E-state index contributed by atoms with van der Waals surface area (Å²) in [5, 5.41) is 13.6. The van der Waals surface area contributed by atoms with Crippen LogP contribution in [-0.2, 0) is 25.9 Å². The number of hydrogen-bond donors (Lipinski definition) is 2. The molecule has 1 aliphatic heterocycles. The highest BCUT2D eigenvalue weighted by Gasteiger charge is 2.52. The summed E-state index contributed by atoms with van der Waals surface area (Å²) in [5.74, 6) is -0.847. The summed E-state index contributed by atoms with van der Waals surface area (Å²) in [4.78, 5) is 14.6. The second-order valence-corrected chi connectivity index (χ2v) is 12.3. The molecule has 15 heteroatoms. The zero-order valence-electron chi connectivity index (χ0n) is 23.4. The van der Waals surface area contributed by atoms with Crippen molar-refractivity contribution >= 4 is 15.7 Å². The molecule has 0 radical (unpaired) electrons. The highest BCUT2D eigenvalue weighted by atomic mass is 32.2. The Labute approximate surface area is 247 Å². The molecule has 43 heavy (non-hydrogen) atoms. The van der Waals surface area contributed by atoms with Gasteiger partial charge in [-0.25, -0.2) is 13.9 Å². The number of methoxy groups -OCH3 is 1. The van der Waals surface area contributed by atoms with E-state index in [0.717, 1.165) is 0 Å². The Kier molecular flexibility index (Phi) is 10.3. The molecule has 11 nitrogen and oxygen atoms in total. The monoisotopic (exact) mass is 626 g/mol. The minimum Gasteiger partial charge on any atom is -0.494 e. The number of sulfone groups is 1. The van der Waals surface area contributed by atoms with E-state index in [4.69, 9.17) is 9.47 Å². The fourth-order valence-electron chi connectivity index (χ4n) is 4.94. The molecule has 234 valence electrons. The van der Waals surface area contributed by atoms with E-state index in [2.05, 4.69) is 9.84 Å². The number of likely N-dealkylation sites (tertiary alicyclic amines) is 1. The smallest absolute Gasteiger partial charge is 0.494 e. The normalized spacial score (nSPS) is 15.7. The zero-order valence-corrected chi connectivity index (χ0v) is 24.2. The molecule has 1 fully saturated rings. The predicted octanol–water partition coefficient (Wildman–Crippen LogP) is 3.68. The third-order valence-electron chi connectivity index (χ3n) is 7.27. The van der Waals surface area contributed by atoms with Crippen LogP contribution in [0.5, 0.6) is 11.5 Å². The molecule has 1 saturated heterocycles. The number of aromatic nitrogens is 2. The van der Waals surface area contributed by atoms with Gasteiger partial charge in [-0.2, -0.15) is 5.10 Å². The summed E-state index contributed by atoms with van der Waals surface area (Å²) in [5.41, 5.74) is 2.70. The number of alkyl halides is 3. The van der Waals surface area contributed by atoms with Crippen molar-refractivity contribution in [2.75, 3.05) is 40.0 Å². The van der Waals surface area contributed by atoms with Crippen LogP contribution in [0.2, 0.25) is 0 Å². The third-order valence-corrected chi connectivity index (χ3v) is 9.79. The van der Waals surface area contributed by atoms with Crippen LogP contribution in [0.15, 0.2) is 65.8 Å². The summed E-state index contributed by atoms with van der Waals surface area (Å²) in [6, 6.07) is 11.4. The van der Waals surface area contributed by atoms with Crippen LogP contribution in [0.4, 0.5) is 13.2 Å². The van der Waals surface area contributed by atoms with Crippen LogP contribution in [0, 0.1) is 0 Å². The van der Waals surface area contributed by atoms with Gasteiger partial charge in [-0.15, -0.1) is 13.2 Å². The first-order valence-corrected chi connectivity index (χ1v) is 15.0. The Morgan fingerprint density at radius 2 is 1.77 bits per heavy atom. The highest BCUT2D eigenvalue weighted by Crippen LogP contribution is 2.36. The fraction of sp³-hybridized carbons (Fsp3) is 0.429. The Morgan fingerprint density at radius 1 is 1.05 bits per heavy atom. The van der Waals surface area contributed by atoms with Gasteiger partial charge in [0.05, 0.1) is 24.3 Å². The first-order valence-electron chi connectivity index (χ1n) is 13.5. The molecule has 0 bridgehead atoms. The minimum absolute atomic E-state index is 0.0195. The molecule has 0 saturated carbocycles. The lowest BCUT2D eigenvalue weighted by atomic mass is 9.95. The van der Waals surface area contributed by atoms with Gasteiger partial charge >= 0.3 is 6.36 Å². The molecule has 0 unspecified atom stereocenters. The Hall–Kier alpha value is -3.66. The predicted molar refractivity (Wildman–Crippen MR) is 148 cm³/mol. The molecule has 2 aromatic carbocycles. The van der Waals surface area contributed by atoms with Gasteiger partial charge < -0.3 is 19.1 Å². The van der Waals surface area contributed by atoms with Crippen molar-refractivity contribution in [3.05, 3.63) is 60.9 Å². The number of piperidine rings is 1. The molecule has 1 aromatic heterocycles. The van der Waals surface area contributed by atoms with Gasteiger partial charge in [-0.05, 0) is 54.8 Å². The molecule has 1 aliphatic rings. The van der Waals surface area contributed by atoms with Gasteiger partial charge in [-0.3, -0.25) is 14.7 Å². The van der Waals surface area contributed by atoms with Crippen molar-refractivity contribution in [1.29, 1.82) is 0 Å². The van der Waals surface area contributed by atoms with E-state index in [1.807, 2.05) is 4.90 Å². The summed E-state index contributed by atoms with van der Waals surface area (Å²) < 4.78 is 79.4. The number of nitrogens with zero attached hydrogens (tertiary/aromatic N) is 3. The largest absolute Gasteiger partial charge is 0.573 e. The van der Waals surface area contributed by atoms with Gasteiger partial charge in [0.2, 0.25) is 0 Å². The molecular formula is C28H33F3N4O7S. The van der Waals surface area contributed by atoms with Crippen molar-refractivity contribution in [2.24, 2.45) is 0 Å². The van der Waals surface area contributed by atoms with Crippen molar-refractivity contribution in [1.82, 2.24) is 20.2 Å². The lowest BCUT2D eigenvalue weighted by molar-refractivity contribution is -0.274. The third kappa shape index (κ3) is 7.84. The molecule has 3 aromatic rings. The van der Waals surface area contributed by atoms with Crippen LogP contribution in [0.1, 0.15) is 19.3 Å². The first-order chi connectivity index (χ1) is 20.5. The topological polar surface area (TPSA) is 132 Å². The van der Waals surface area contributed by atoms with Crippen LogP contribution in [0.25, 0.3) is 11.1 Å². The minimum atomic E-state index is -4.78. The van der Waals surface area contributed by atoms with E-state index in [1.54, 1.807) is 35.7 Å². The van der Waals surface area contributed by atoms with Gasteiger partial charge in [0, 0.05) is 51.5 Å². The summed E-state index contributed by atoms with van der Waals surface area (Å²) in [6.45, 7) is 2.54. The quantitative estimate of drug-likeness (QED) is 0.166. The molecule has 1 amide bonds. The number of nitrogens with one attached hydrogen (secondary N) is 1. The summed E-state index contributed by atoms with van der Waals surface area (Å²) in [7, 11) is -2.57. The van der Waals surface area contributed by atoms with E-state index in [9.17, 15) is 31.6 Å². The molecule has 0 aliphatic carbocycles. The van der Waals surface area contributed by atoms with Gasteiger partial charge in [0.1, 0.15) is 11.5 Å². The Bertz CT molecular complexity index is 1470. The average molecular weight is 627 g/mol. The van der Waals surface area contributed by atoms with E-state index < -0.39 is 26.9 Å². The molecular weight excluding hydrogens is 593 g/mol. The highest BCUT2D eigenvalue weighted by molar-refractivity contribution is 7.93. The number of amides is 1.